The first-order valence-electron chi connectivity index (χ1n) is 7.26. The molecule has 0 fully saturated rings. The standard InChI is InChI=1S/C17H17N3O3S/c1-18-13-7-6-11(24-3)10-12(13)15(21)14(16(18)22)17(23)19(2)20-8-4-5-9-20/h4-10,21H,1-3H3. The molecular formula is C17H17N3O3S. The highest BCUT2D eigenvalue weighted by molar-refractivity contribution is 7.98. The van der Waals surface area contributed by atoms with Crippen LogP contribution in [0.4, 0.5) is 0 Å². The van der Waals surface area contributed by atoms with Crippen LogP contribution in [0.3, 0.4) is 0 Å². The third-order valence-electron chi connectivity index (χ3n) is 4.02. The zero-order chi connectivity index (χ0) is 17.4. The van der Waals surface area contributed by atoms with Crippen molar-refractivity contribution in [2.45, 2.75) is 4.90 Å². The highest BCUT2D eigenvalue weighted by atomic mass is 32.2. The lowest BCUT2D eigenvalue weighted by molar-refractivity contribution is 0.0963. The van der Waals surface area contributed by atoms with Crippen molar-refractivity contribution in [2.75, 3.05) is 18.3 Å². The molecule has 1 amide bonds. The summed E-state index contributed by atoms with van der Waals surface area (Å²) in [5.74, 6) is -0.853. The van der Waals surface area contributed by atoms with Crippen molar-refractivity contribution >= 4 is 28.6 Å². The van der Waals surface area contributed by atoms with E-state index in [0.29, 0.717) is 10.9 Å². The number of aromatic nitrogens is 2. The Labute approximate surface area is 142 Å². The molecule has 0 saturated carbocycles. The van der Waals surface area contributed by atoms with Gasteiger partial charge in [-0.15, -0.1) is 11.8 Å². The lowest BCUT2D eigenvalue weighted by Gasteiger charge is -2.20. The minimum absolute atomic E-state index is 0.237. The molecule has 0 bridgehead atoms. The maximum Gasteiger partial charge on any atom is 0.281 e. The average molecular weight is 343 g/mol. The van der Waals surface area contributed by atoms with Crippen molar-refractivity contribution in [3.8, 4) is 5.75 Å². The Morgan fingerprint density at radius 2 is 1.92 bits per heavy atom. The van der Waals surface area contributed by atoms with Crippen LogP contribution in [0.2, 0.25) is 0 Å². The van der Waals surface area contributed by atoms with E-state index in [0.717, 1.165) is 4.90 Å². The third-order valence-corrected chi connectivity index (χ3v) is 4.74. The summed E-state index contributed by atoms with van der Waals surface area (Å²) < 4.78 is 2.93. The van der Waals surface area contributed by atoms with Crippen LogP contribution in [0, 0.1) is 0 Å². The first-order valence-corrected chi connectivity index (χ1v) is 8.49. The van der Waals surface area contributed by atoms with Crippen LogP contribution in [0.15, 0.2) is 52.4 Å². The molecule has 0 saturated heterocycles. The number of aromatic hydroxyl groups is 1. The summed E-state index contributed by atoms with van der Waals surface area (Å²) in [6.07, 6.45) is 5.30. The molecular weight excluding hydrogens is 326 g/mol. The van der Waals surface area contributed by atoms with Gasteiger partial charge in [0.1, 0.15) is 11.3 Å². The van der Waals surface area contributed by atoms with E-state index in [9.17, 15) is 14.7 Å². The van der Waals surface area contributed by atoms with Gasteiger partial charge in [-0.1, -0.05) is 0 Å². The maximum atomic E-state index is 12.8. The molecule has 6 nitrogen and oxygen atoms in total. The van der Waals surface area contributed by atoms with E-state index in [4.69, 9.17) is 0 Å². The summed E-state index contributed by atoms with van der Waals surface area (Å²) >= 11 is 1.52. The Morgan fingerprint density at radius 1 is 1.25 bits per heavy atom. The number of thioether (sulfide) groups is 1. The maximum absolute atomic E-state index is 12.8. The molecule has 0 aliphatic rings. The minimum atomic E-state index is -0.569. The molecule has 3 aromatic rings. The Morgan fingerprint density at radius 3 is 2.54 bits per heavy atom. The fourth-order valence-corrected chi connectivity index (χ4v) is 3.06. The molecule has 0 aliphatic carbocycles. The van der Waals surface area contributed by atoms with Crippen LogP contribution >= 0.6 is 11.8 Å². The van der Waals surface area contributed by atoms with Crippen LogP contribution in [-0.4, -0.2) is 33.6 Å². The fourth-order valence-electron chi connectivity index (χ4n) is 2.62. The van der Waals surface area contributed by atoms with Crippen molar-refractivity contribution in [3.05, 3.63) is 58.6 Å². The van der Waals surface area contributed by atoms with Crippen LogP contribution in [0.5, 0.6) is 5.75 Å². The van der Waals surface area contributed by atoms with Crippen LogP contribution in [-0.2, 0) is 7.05 Å². The summed E-state index contributed by atoms with van der Waals surface area (Å²) in [7, 11) is 3.14. The van der Waals surface area contributed by atoms with E-state index < -0.39 is 11.5 Å². The lowest BCUT2D eigenvalue weighted by atomic mass is 10.1. The summed E-state index contributed by atoms with van der Waals surface area (Å²) in [6, 6.07) is 8.96. The second-order valence-electron chi connectivity index (χ2n) is 5.36. The predicted octanol–water partition coefficient (Wildman–Crippen LogP) is 2.18. The Kier molecular flexibility index (Phi) is 4.11. The number of aryl methyl sites for hydroxylation is 1. The van der Waals surface area contributed by atoms with Crippen LogP contribution in [0.1, 0.15) is 10.4 Å². The number of hydrogen-bond acceptors (Lipinski definition) is 4. The summed E-state index contributed by atoms with van der Waals surface area (Å²) in [5, 5.41) is 12.4. The monoisotopic (exact) mass is 343 g/mol. The molecule has 7 heteroatoms. The van der Waals surface area contributed by atoms with Crippen LogP contribution in [0.25, 0.3) is 10.9 Å². The molecule has 2 heterocycles. The molecule has 124 valence electrons. The smallest absolute Gasteiger partial charge is 0.281 e. The highest BCUT2D eigenvalue weighted by Crippen LogP contribution is 2.30. The summed E-state index contributed by atoms with van der Waals surface area (Å²) in [6.45, 7) is 0. The Bertz CT molecular complexity index is 977. The highest BCUT2D eigenvalue weighted by Gasteiger charge is 2.24. The van der Waals surface area contributed by atoms with Gasteiger partial charge < -0.3 is 9.67 Å². The van der Waals surface area contributed by atoms with Gasteiger partial charge in [0.15, 0.2) is 0 Å². The van der Waals surface area contributed by atoms with Gasteiger partial charge in [0.25, 0.3) is 11.5 Å². The Hall–Kier alpha value is -2.67. The van der Waals surface area contributed by atoms with Gasteiger partial charge in [0.2, 0.25) is 0 Å². The van der Waals surface area contributed by atoms with Crippen molar-refractivity contribution in [1.82, 2.24) is 9.24 Å². The predicted molar refractivity (Wildman–Crippen MR) is 95.5 cm³/mol. The summed E-state index contributed by atoms with van der Waals surface area (Å²) in [4.78, 5) is 26.3. The molecule has 24 heavy (non-hydrogen) atoms. The van der Waals surface area contributed by atoms with Crippen molar-refractivity contribution in [1.29, 1.82) is 0 Å². The van der Waals surface area contributed by atoms with Gasteiger partial charge in [0, 0.05) is 36.8 Å². The average Bonchev–Trinajstić information content (AvgIpc) is 3.13. The number of benzene rings is 1. The van der Waals surface area contributed by atoms with E-state index in [1.54, 1.807) is 55.4 Å². The first kappa shape index (κ1) is 16.2. The second-order valence-corrected chi connectivity index (χ2v) is 6.24. The lowest BCUT2D eigenvalue weighted by Crippen LogP contribution is -2.39. The molecule has 1 N–H and O–H groups in total. The molecule has 0 spiro atoms. The number of rotatable bonds is 3. The second kappa shape index (κ2) is 6.09. The quantitative estimate of drug-likeness (QED) is 0.740. The fraction of sp³-hybridized carbons (Fsp3) is 0.176. The van der Waals surface area contributed by atoms with Gasteiger partial charge in [0.05, 0.1) is 5.52 Å². The van der Waals surface area contributed by atoms with Gasteiger partial charge in [-0.25, -0.2) is 5.01 Å². The molecule has 0 aliphatic heterocycles. The van der Waals surface area contributed by atoms with Gasteiger partial charge in [-0.05, 0) is 36.6 Å². The zero-order valence-corrected chi connectivity index (χ0v) is 14.4. The number of pyridine rings is 1. The van der Waals surface area contributed by atoms with E-state index in [1.165, 1.54) is 21.3 Å². The van der Waals surface area contributed by atoms with Crippen molar-refractivity contribution in [2.24, 2.45) is 7.05 Å². The number of nitrogens with zero attached hydrogens (tertiary/aromatic N) is 3. The summed E-state index contributed by atoms with van der Waals surface area (Å²) in [5.41, 5.74) is -0.184. The third kappa shape index (κ3) is 2.46. The van der Waals surface area contributed by atoms with Gasteiger partial charge in [-0.2, -0.15) is 0 Å². The topological polar surface area (TPSA) is 67.5 Å². The number of carbonyl (C=O) groups excluding carboxylic acids is 1. The van der Waals surface area contributed by atoms with E-state index in [1.807, 2.05) is 12.3 Å². The number of carbonyl (C=O) groups is 1. The largest absolute Gasteiger partial charge is 0.506 e. The molecule has 0 unspecified atom stereocenters. The molecule has 0 radical (unpaired) electrons. The number of amides is 1. The SMILES string of the molecule is CSc1ccc2c(c1)c(O)c(C(=O)N(C)n1cccc1)c(=O)n2C. The Balaban J connectivity index is 2.24. The minimum Gasteiger partial charge on any atom is -0.506 e. The molecule has 3 rings (SSSR count). The number of hydrogen-bond donors (Lipinski definition) is 1. The van der Waals surface area contributed by atoms with E-state index in [-0.39, 0.29) is 11.3 Å². The van der Waals surface area contributed by atoms with Crippen molar-refractivity contribution in [3.63, 3.8) is 0 Å². The van der Waals surface area contributed by atoms with Crippen molar-refractivity contribution < 1.29 is 9.90 Å². The van der Waals surface area contributed by atoms with E-state index >= 15 is 0 Å². The normalized spacial score (nSPS) is 11.0. The first-order chi connectivity index (χ1) is 11.5. The molecule has 0 atom stereocenters. The zero-order valence-electron chi connectivity index (χ0n) is 13.6. The molecule has 2 aromatic heterocycles. The van der Waals surface area contributed by atoms with Gasteiger partial charge in [-0.3, -0.25) is 14.3 Å². The van der Waals surface area contributed by atoms with E-state index in [2.05, 4.69) is 0 Å². The molecule has 1 aromatic carbocycles. The number of fused-ring (bicyclic) bond motifs is 1. The van der Waals surface area contributed by atoms with Gasteiger partial charge >= 0.3 is 0 Å². The van der Waals surface area contributed by atoms with Crippen LogP contribution < -0.4 is 10.6 Å².